The predicted octanol–water partition coefficient (Wildman–Crippen LogP) is 1.43. The fourth-order valence-corrected chi connectivity index (χ4v) is 1.67. The van der Waals surface area contributed by atoms with Gasteiger partial charge in [0.25, 0.3) is 5.69 Å². The first kappa shape index (κ1) is 13.4. The zero-order chi connectivity index (χ0) is 13.0. The molecule has 0 radical (unpaired) electrons. The van der Waals surface area contributed by atoms with Crippen LogP contribution in [0.15, 0.2) is 16.7 Å². The summed E-state index contributed by atoms with van der Waals surface area (Å²) in [5.41, 5.74) is 4.94. The summed E-state index contributed by atoms with van der Waals surface area (Å²) in [5.74, 6) is 0.00684. The van der Waals surface area contributed by atoms with Gasteiger partial charge in [-0.2, -0.15) is 0 Å². The van der Waals surface area contributed by atoms with Crippen molar-refractivity contribution in [1.82, 2.24) is 4.98 Å². The molecule has 0 aliphatic carbocycles. The molecular weight excluding hydrogens is 292 g/mol. The Morgan fingerprint density at radius 2 is 2.41 bits per heavy atom. The Balaban J connectivity index is 2.79. The number of nitro groups is 1. The van der Waals surface area contributed by atoms with Crippen molar-refractivity contribution >= 4 is 33.3 Å². The lowest BCUT2D eigenvalue weighted by Crippen LogP contribution is -2.24. The number of hydrogen-bond acceptors (Lipinski definition) is 5. The van der Waals surface area contributed by atoms with E-state index in [0.717, 1.165) is 6.20 Å². The number of primary amides is 1. The van der Waals surface area contributed by atoms with Gasteiger partial charge in [0, 0.05) is 18.5 Å². The molecule has 0 bridgehead atoms. The van der Waals surface area contributed by atoms with Crippen LogP contribution < -0.4 is 11.1 Å². The highest BCUT2D eigenvalue weighted by Crippen LogP contribution is 2.25. The maximum absolute atomic E-state index is 10.7. The van der Waals surface area contributed by atoms with Gasteiger partial charge in [-0.05, 0) is 22.9 Å². The number of carbonyl (C=O) groups excluding carboxylic acids is 1. The van der Waals surface area contributed by atoms with Crippen molar-refractivity contribution in [2.24, 2.45) is 5.73 Å². The lowest BCUT2D eigenvalue weighted by molar-refractivity contribution is -0.385. The quantitative estimate of drug-likeness (QED) is 0.631. The Hall–Kier alpha value is -1.70. The third kappa shape index (κ3) is 3.99. The van der Waals surface area contributed by atoms with E-state index >= 15 is 0 Å². The number of carbonyl (C=O) groups is 1. The van der Waals surface area contributed by atoms with E-state index in [0.29, 0.717) is 10.3 Å². The van der Waals surface area contributed by atoms with Crippen LogP contribution in [0, 0.1) is 10.1 Å². The van der Waals surface area contributed by atoms with Crippen molar-refractivity contribution in [3.63, 3.8) is 0 Å². The van der Waals surface area contributed by atoms with E-state index in [1.807, 2.05) is 0 Å². The van der Waals surface area contributed by atoms with Crippen molar-refractivity contribution < 1.29 is 9.72 Å². The fourth-order valence-electron chi connectivity index (χ4n) is 1.22. The molecule has 17 heavy (non-hydrogen) atoms. The molecule has 8 heteroatoms. The Morgan fingerprint density at radius 3 is 2.88 bits per heavy atom. The van der Waals surface area contributed by atoms with Crippen LogP contribution in [0.1, 0.15) is 13.3 Å². The number of nitrogens with two attached hydrogens (primary N) is 1. The minimum absolute atomic E-state index is 0.107. The van der Waals surface area contributed by atoms with Crippen LogP contribution in [0.2, 0.25) is 0 Å². The smallest absolute Gasteiger partial charge is 0.288 e. The second kappa shape index (κ2) is 5.58. The minimum Gasteiger partial charge on any atom is -0.370 e. The van der Waals surface area contributed by atoms with E-state index < -0.39 is 10.8 Å². The predicted molar refractivity (Wildman–Crippen MR) is 65.5 cm³/mol. The molecule has 0 saturated carbocycles. The maximum atomic E-state index is 10.7. The number of anilines is 1. The first-order valence-corrected chi connectivity index (χ1v) is 5.54. The molecule has 0 aromatic carbocycles. The van der Waals surface area contributed by atoms with Gasteiger partial charge in [-0.3, -0.25) is 14.9 Å². The van der Waals surface area contributed by atoms with Crippen LogP contribution in [0.3, 0.4) is 0 Å². The molecule has 92 valence electrons. The van der Waals surface area contributed by atoms with Crippen molar-refractivity contribution in [3.05, 3.63) is 26.9 Å². The lowest BCUT2D eigenvalue weighted by Gasteiger charge is -2.13. The highest BCUT2D eigenvalue weighted by molar-refractivity contribution is 9.10. The van der Waals surface area contributed by atoms with Crippen LogP contribution in [-0.2, 0) is 4.79 Å². The van der Waals surface area contributed by atoms with Gasteiger partial charge in [0.1, 0.15) is 12.0 Å². The van der Waals surface area contributed by atoms with E-state index in [9.17, 15) is 14.9 Å². The molecule has 1 unspecified atom stereocenters. The molecule has 3 N–H and O–H groups in total. The molecule has 1 rings (SSSR count). The third-order valence-electron chi connectivity index (χ3n) is 1.93. The molecule has 0 spiro atoms. The summed E-state index contributed by atoms with van der Waals surface area (Å²) in [5, 5.41) is 13.4. The molecule has 0 saturated heterocycles. The summed E-state index contributed by atoms with van der Waals surface area (Å²) in [6, 6.07) is 1.14. The van der Waals surface area contributed by atoms with Crippen LogP contribution in [-0.4, -0.2) is 21.9 Å². The van der Waals surface area contributed by atoms with Gasteiger partial charge >= 0.3 is 0 Å². The molecule has 1 amide bonds. The maximum Gasteiger partial charge on any atom is 0.288 e. The first-order valence-electron chi connectivity index (χ1n) is 4.75. The highest BCUT2D eigenvalue weighted by atomic mass is 79.9. The Morgan fingerprint density at radius 1 is 1.76 bits per heavy atom. The SMILES string of the molecule is CC(CC(N)=O)Nc1ncc([N+](=O)[O-])cc1Br. The van der Waals surface area contributed by atoms with Crippen molar-refractivity contribution in [3.8, 4) is 0 Å². The van der Waals surface area contributed by atoms with Gasteiger partial charge in [0.15, 0.2) is 0 Å². The van der Waals surface area contributed by atoms with Gasteiger partial charge in [-0.25, -0.2) is 4.98 Å². The molecule has 1 aromatic rings. The standard InChI is InChI=1S/C9H11BrN4O3/c1-5(2-8(11)15)13-9-7(10)3-6(4-12-9)14(16)17/h3-5H,2H2,1H3,(H2,11,15)(H,12,13). The highest BCUT2D eigenvalue weighted by Gasteiger charge is 2.13. The molecule has 1 aromatic heterocycles. The fraction of sp³-hybridized carbons (Fsp3) is 0.333. The normalized spacial score (nSPS) is 11.9. The van der Waals surface area contributed by atoms with Gasteiger partial charge in [-0.1, -0.05) is 0 Å². The van der Waals surface area contributed by atoms with E-state index in [1.54, 1.807) is 6.92 Å². The second-order valence-electron chi connectivity index (χ2n) is 3.50. The van der Waals surface area contributed by atoms with Gasteiger partial charge in [0.05, 0.1) is 9.40 Å². The topological polar surface area (TPSA) is 111 Å². The molecular formula is C9H11BrN4O3. The van der Waals surface area contributed by atoms with Crippen molar-refractivity contribution in [2.75, 3.05) is 5.32 Å². The van der Waals surface area contributed by atoms with Crippen LogP contribution in [0.5, 0.6) is 0 Å². The number of nitrogens with one attached hydrogen (secondary N) is 1. The first-order chi connectivity index (χ1) is 7.90. The summed E-state index contributed by atoms with van der Waals surface area (Å²) in [4.78, 5) is 24.5. The zero-order valence-electron chi connectivity index (χ0n) is 9.01. The summed E-state index contributed by atoms with van der Waals surface area (Å²) < 4.78 is 0.461. The minimum atomic E-state index is -0.533. The van der Waals surface area contributed by atoms with E-state index in [1.165, 1.54) is 6.07 Å². The molecule has 1 atom stereocenters. The Labute approximate surface area is 106 Å². The Bertz CT molecular complexity index is 452. The molecule has 1 heterocycles. The van der Waals surface area contributed by atoms with Crippen molar-refractivity contribution in [1.29, 1.82) is 0 Å². The number of hydrogen-bond donors (Lipinski definition) is 2. The summed E-state index contributed by atoms with van der Waals surface area (Å²) in [6.07, 6.45) is 1.30. The monoisotopic (exact) mass is 302 g/mol. The number of amides is 1. The van der Waals surface area contributed by atoms with Crippen LogP contribution >= 0.6 is 15.9 Å². The second-order valence-corrected chi connectivity index (χ2v) is 4.35. The van der Waals surface area contributed by atoms with E-state index in [4.69, 9.17) is 5.73 Å². The average Bonchev–Trinajstić information content (AvgIpc) is 2.19. The lowest BCUT2D eigenvalue weighted by atomic mass is 10.2. The van der Waals surface area contributed by atoms with Gasteiger partial charge in [0.2, 0.25) is 5.91 Å². The third-order valence-corrected chi connectivity index (χ3v) is 2.53. The van der Waals surface area contributed by atoms with Gasteiger partial charge in [-0.15, -0.1) is 0 Å². The number of aromatic nitrogens is 1. The van der Waals surface area contributed by atoms with E-state index in [2.05, 4.69) is 26.2 Å². The zero-order valence-corrected chi connectivity index (χ0v) is 10.6. The average molecular weight is 303 g/mol. The molecule has 0 aliphatic rings. The van der Waals surface area contributed by atoms with Crippen LogP contribution in [0.4, 0.5) is 11.5 Å². The molecule has 0 aliphatic heterocycles. The van der Waals surface area contributed by atoms with E-state index in [-0.39, 0.29) is 18.2 Å². The number of nitrogens with zero attached hydrogens (tertiary/aromatic N) is 2. The molecule has 0 fully saturated rings. The molecule has 7 nitrogen and oxygen atoms in total. The van der Waals surface area contributed by atoms with Gasteiger partial charge < -0.3 is 11.1 Å². The summed E-state index contributed by atoms with van der Waals surface area (Å²) in [7, 11) is 0. The summed E-state index contributed by atoms with van der Waals surface area (Å²) in [6.45, 7) is 1.76. The largest absolute Gasteiger partial charge is 0.370 e. The number of pyridine rings is 1. The van der Waals surface area contributed by atoms with Crippen molar-refractivity contribution in [2.45, 2.75) is 19.4 Å². The Kier molecular flexibility index (Phi) is 4.38. The van der Waals surface area contributed by atoms with Crippen LogP contribution in [0.25, 0.3) is 0 Å². The number of halogens is 1. The summed E-state index contributed by atoms with van der Waals surface area (Å²) >= 11 is 3.16. The number of rotatable bonds is 5.